The quantitative estimate of drug-likeness (QED) is 0.546. The fourth-order valence-corrected chi connectivity index (χ4v) is 3.35. The lowest BCUT2D eigenvalue weighted by molar-refractivity contribution is 0.0304. The molecular weight excluding hydrogens is 228 g/mol. The molecule has 2 bridgehead atoms. The van der Waals surface area contributed by atoms with Gasteiger partial charge in [-0.05, 0) is 37.8 Å². The Morgan fingerprint density at radius 3 is 2.78 bits per heavy atom. The van der Waals surface area contributed by atoms with Crippen molar-refractivity contribution in [2.24, 2.45) is 5.84 Å². The van der Waals surface area contributed by atoms with Crippen molar-refractivity contribution in [2.45, 2.75) is 50.4 Å². The number of nitrogen functional groups attached to an aromatic ring is 1. The molecule has 4 N–H and O–H groups in total. The van der Waals surface area contributed by atoms with Gasteiger partial charge < -0.3 is 10.5 Å². The van der Waals surface area contributed by atoms with Crippen molar-refractivity contribution in [3.63, 3.8) is 0 Å². The number of aliphatic hydroxyl groups excluding tert-OH is 1. The maximum Gasteiger partial charge on any atom is 0.0570 e. The SMILES string of the molecule is NNc1ccnc(CN2C3CCC2CC(O)C3)c1. The lowest BCUT2D eigenvalue weighted by Gasteiger charge is -2.36. The van der Waals surface area contributed by atoms with Crippen molar-refractivity contribution in [1.82, 2.24) is 9.88 Å². The molecule has 2 atom stereocenters. The van der Waals surface area contributed by atoms with E-state index in [4.69, 9.17) is 5.84 Å². The van der Waals surface area contributed by atoms with Crippen molar-refractivity contribution < 1.29 is 5.11 Å². The number of nitrogens with two attached hydrogens (primary N) is 1. The second kappa shape index (κ2) is 4.84. The molecule has 1 aromatic rings. The number of anilines is 1. The average molecular weight is 248 g/mol. The van der Waals surface area contributed by atoms with E-state index >= 15 is 0 Å². The summed E-state index contributed by atoms with van der Waals surface area (Å²) in [5.74, 6) is 5.41. The van der Waals surface area contributed by atoms with Crippen LogP contribution in [-0.4, -0.2) is 33.2 Å². The number of hydrazine groups is 1. The van der Waals surface area contributed by atoms with E-state index in [1.54, 1.807) is 6.20 Å². The number of fused-ring (bicyclic) bond motifs is 2. The molecule has 0 radical (unpaired) electrons. The first-order chi connectivity index (χ1) is 8.76. The van der Waals surface area contributed by atoms with Crippen LogP contribution in [0.5, 0.6) is 0 Å². The van der Waals surface area contributed by atoms with E-state index in [1.807, 2.05) is 12.1 Å². The number of nitrogens with zero attached hydrogens (tertiary/aromatic N) is 2. The summed E-state index contributed by atoms with van der Waals surface area (Å²) in [6.45, 7) is 0.859. The maximum absolute atomic E-state index is 9.79. The van der Waals surface area contributed by atoms with Crippen LogP contribution >= 0.6 is 0 Å². The Labute approximate surface area is 107 Å². The number of aliphatic hydroxyl groups is 1. The molecular formula is C13H20N4O. The smallest absolute Gasteiger partial charge is 0.0570 e. The highest BCUT2D eigenvalue weighted by atomic mass is 16.3. The van der Waals surface area contributed by atoms with Gasteiger partial charge in [0.25, 0.3) is 0 Å². The standard InChI is InChI=1S/C13H20N4O/c14-16-9-3-4-15-10(5-9)8-17-11-1-2-12(17)7-13(18)6-11/h3-5,11-13,18H,1-2,6-8,14H2,(H,15,16). The second-order valence-electron chi connectivity index (χ2n) is 5.36. The van der Waals surface area contributed by atoms with E-state index in [9.17, 15) is 5.11 Å². The van der Waals surface area contributed by atoms with Crippen molar-refractivity contribution >= 4 is 5.69 Å². The van der Waals surface area contributed by atoms with E-state index in [0.29, 0.717) is 12.1 Å². The molecule has 0 aliphatic carbocycles. The molecule has 2 unspecified atom stereocenters. The number of aromatic nitrogens is 1. The predicted octanol–water partition coefficient (Wildman–Crippen LogP) is 0.855. The summed E-state index contributed by atoms with van der Waals surface area (Å²) in [5, 5.41) is 9.79. The molecule has 0 aromatic carbocycles. The Hall–Kier alpha value is -1.17. The van der Waals surface area contributed by atoms with Gasteiger partial charge in [-0.25, -0.2) is 0 Å². The van der Waals surface area contributed by atoms with Crippen LogP contribution in [0.25, 0.3) is 0 Å². The molecule has 0 saturated carbocycles. The first-order valence-electron chi connectivity index (χ1n) is 6.61. The molecule has 2 saturated heterocycles. The summed E-state index contributed by atoms with van der Waals surface area (Å²) in [5.41, 5.74) is 4.58. The summed E-state index contributed by atoms with van der Waals surface area (Å²) in [7, 11) is 0. The average Bonchev–Trinajstić information content (AvgIpc) is 2.62. The zero-order valence-corrected chi connectivity index (χ0v) is 10.4. The zero-order valence-electron chi connectivity index (χ0n) is 10.4. The van der Waals surface area contributed by atoms with E-state index in [0.717, 1.165) is 30.8 Å². The molecule has 3 heterocycles. The lowest BCUT2D eigenvalue weighted by atomic mass is 9.99. The Bertz CT molecular complexity index is 411. The molecule has 0 spiro atoms. The molecule has 3 rings (SSSR count). The van der Waals surface area contributed by atoms with E-state index in [-0.39, 0.29) is 6.10 Å². The highest BCUT2D eigenvalue weighted by molar-refractivity contribution is 5.41. The largest absolute Gasteiger partial charge is 0.393 e. The monoisotopic (exact) mass is 248 g/mol. The fourth-order valence-electron chi connectivity index (χ4n) is 3.35. The summed E-state index contributed by atoms with van der Waals surface area (Å²) in [6, 6.07) is 4.90. The van der Waals surface area contributed by atoms with Crippen molar-refractivity contribution in [2.75, 3.05) is 5.43 Å². The van der Waals surface area contributed by atoms with Crippen LogP contribution in [-0.2, 0) is 6.54 Å². The first kappa shape index (κ1) is 11.9. The Kier molecular flexibility index (Phi) is 3.20. The minimum Gasteiger partial charge on any atom is -0.393 e. The van der Waals surface area contributed by atoms with Gasteiger partial charge in [0.1, 0.15) is 0 Å². The zero-order chi connectivity index (χ0) is 12.5. The molecule has 5 nitrogen and oxygen atoms in total. The van der Waals surface area contributed by atoms with Gasteiger partial charge in [0, 0.05) is 24.8 Å². The molecule has 2 fully saturated rings. The van der Waals surface area contributed by atoms with Crippen LogP contribution in [0.2, 0.25) is 0 Å². The van der Waals surface area contributed by atoms with Crippen LogP contribution in [0, 0.1) is 0 Å². The Morgan fingerprint density at radius 2 is 2.11 bits per heavy atom. The van der Waals surface area contributed by atoms with Crippen LogP contribution in [0.4, 0.5) is 5.69 Å². The number of pyridine rings is 1. The number of hydrogen-bond acceptors (Lipinski definition) is 5. The van der Waals surface area contributed by atoms with E-state index in [2.05, 4.69) is 15.3 Å². The molecule has 2 aliphatic heterocycles. The first-order valence-corrected chi connectivity index (χ1v) is 6.61. The summed E-state index contributed by atoms with van der Waals surface area (Å²) in [6.07, 6.45) is 5.90. The highest BCUT2D eigenvalue weighted by Crippen LogP contribution is 2.36. The molecule has 2 aliphatic rings. The summed E-state index contributed by atoms with van der Waals surface area (Å²) < 4.78 is 0. The van der Waals surface area contributed by atoms with Crippen LogP contribution in [0.3, 0.4) is 0 Å². The van der Waals surface area contributed by atoms with Gasteiger partial charge in [0.2, 0.25) is 0 Å². The van der Waals surface area contributed by atoms with Gasteiger partial charge in [-0.1, -0.05) is 0 Å². The third kappa shape index (κ3) is 2.21. The number of rotatable bonds is 3. The number of hydrogen-bond donors (Lipinski definition) is 3. The Morgan fingerprint density at radius 1 is 1.39 bits per heavy atom. The minimum atomic E-state index is -0.108. The number of nitrogens with one attached hydrogen (secondary N) is 1. The molecule has 0 amide bonds. The van der Waals surface area contributed by atoms with E-state index in [1.165, 1.54) is 12.8 Å². The van der Waals surface area contributed by atoms with Crippen LogP contribution < -0.4 is 11.3 Å². The van der Waals surface area contributed by atoms with E-state index < -0.39 is 0 Å². The topological polar surface area (TPSA) is 74.4 Å². The van der Waals surface area contributed by atoms with Gasteiger partial charge in [-0.15, -0.1) is 0 Å². The Balaban J connectivity index is 1.73. The minimum absolute atomic E-state index is 0.108. The van der Waals surface area contributed by atoms with Gasteiger partial charge in [0.05, 0.1) is 17.5 Å². The van der Waals surface area contributed by atoms with Crippen molar-refractivity contribution in [1.29, 1.82) is 0 Å². The second-order valence-corrected chi connectivity index (χ2v) is 5.36. The fraction of sp³-hybridized carbons (Fsp3) is 0.615. The van der Waals surface area contributed by atoms with Gasteiger partial charge in [-0.3, -0.25) is 15.7 Å². The molecule has 98 valence electrons. The van der Waals surface area contributed by atoms with Gasteiger partial charge >= 0.3 is 0 Å². The third-order valence-corrected chi connectivity index (χ3v) is 4.19. The summed E-state index contributed by atoms with van der Waals surface area (Å²) in [4.78, 5) is 6.89. The molecule has 18 heavy (non-hydrogen) atoms. The van der Waals surface area contributed by atoms with Gasteiger partial charge in [-0.2, -0.15) is 0 Å². The third-order valence-electron chi connectivity index (χ3n) is 4.19. The summed E-state index contributed by atoms with van der Waals surface area (Å²) >= 11 is 0. The van der Waals surface area contributed by atoms with Crippen molar-refractivity contribution in [3.8, 4) is 0 Å². The van der Waals surface area contributed by atoms with Crippen molar-refractivity contribution in [3.05, 3.63) is 24.0 Å². The molecule has 1 aromatic heterocycles. The number of piperidine rings is 1. The van der Waals surface area contributed by atoms with Crippen LogP contribution in [0.15, 0.2) is 18.3 Å². The van der Waals surface area contributed by atoms with Crippen LogP contribution in [0.1, 0.15) is 31.4 Å². The lowest BCUT2D eigenvalue weighted by Crippen LogP contribution is -2.44. The molecule has 5 heteroatoms. The van der Waals surface area contributed by atoms with Gasteiger partial charge in [0.15, 0.2) is 0 Å². The predicted molar refractivity (Wildman–Crippen MR) is 69.6 cm³/mol. The highest BCUT2D eigenvalue weighted by Gasteiger charge is 2.39. The maximum atomic E-state index is 9.79. The normalized spacial score (nSPS) is 31.6.